The van der Waals surface area contributed by atoms with Gasteiger partial charge in [-0.2, -0.15) is 0 Å². The van der Waals surface area contributed by atoms with Crippen LogP contribution in [0.5, 0.6) is 0 Å². The normalized spacial score (nSPS) is 12.6. The number of rotatable bonds is 3. The molecule has 106 valence electrons. The van der Waals surface area contributed by atoms with E-state index in [-0.39, 0.29) is 22.2 Å². The Morgan fingerprint density at radius 2 is 1.68 bits per heavy atom. The molecular formula is C17H25FO. The molecule has 0 spiro atoms. The first kappa shape index (κ1) is 15.9. The second-order valence-electron chi connectivity index (χ2n) is 7.43. The van der Waals surface area contributed by atoms with E-state index < -0.39 is 5.82 Å². The van der Waals surface area contributed by atoms with Crippen LogP contribution in [-0.2, 0) is 5.41 Å². The summed E-state index contributed by atoms with van der Waals surface area (Å²) >= 11 is 0. The van der Waals surface area contributed by atoms with Gasteiger partial charge in [-0.25, -0.2) is 4.39 Å². The van der Waals surface area contributed by atoms with Crippen LogP contribution >= 0.6 is 0 Å². The molecule has 0 aliphatic rings. The van der Waals surface area contributed by atoms with Gasteiger partial charge in [0.15, 0.2) is 5.78 Å². The highest BCUT2D eigenvalue weighted by Crippen LogP contribution is 2.26. The zero-order chi connectivity index (χ0) is 14.8. The Labute approximate surface area is 116 Å². The van der Waals surface area contributed by atoms with Crippen LogP contribution in [-0.4, -0.2) is 5.78 Å². The first-order valence-corrected chi connectivity index (χ1v) is 6.84. The Morgan fingerprint density at radius 1 is 1.11 bits per heavy atom. The summed E-state index contributed by atoms with van der Waals surface area (Å²) < 4.78 is 13.8. The molecule has 0 amide bonds. The third-order valence-electron chi connectivity index (χ3n) is 3.23. The van der Waals surface area contributed by atoms with Crippen LogP contribution < -0.4 is 0 Å². The van der Waals surface area contributed by atoms with E-state index in [0.717, 1.165) is 12.0 Å². The molecule has 1 rings (SSSR count). The Bertz CT molecular complexity index is 461. The van der Waals surface area contributed by atoms with E-state index in [9.17, 15) is 9.18 Å². The number of benzene rings is 1. The van der Waals surface area contributed by atoms with Crippen LogP contribution in [0.4, 0.5) is 4.39 Å². The lowest BCUT2D eigenvalue weighted by atomic mass is 9.84. The monoisotopic (exact) mass is 264 g/mol. The van der Waals surface area contributed by atoms with Crippen molar-refractivity contribution in [1.29, 1.82) is 0 Å². The second kappa shape index (κ2) is 5.44. The Kier molecular flexibility index (Phi) is 4.54. The lowest BCUT2D eigenvalue weighted by molar-refractivity contribution is 0.0962. The van der Waals surface area contributed by atoms with E-state index in [1.54, 1.807) is 12.1 Å². The van der Waals surface area contributed by atoms with E-state index in [1.165, 1.54) is 6.07 Å². The predicted octanol–water partition coefficient (Wildman–Crippen LogP) is 5.13. The highest BCUT2D eigenvalue weighted by molar-refractivity contribution is 5.96. The second-order valence-corrected chi connectivity index (χ2v) is 7.43. The first-order valence-electron chi connectivity index (χ1n) is 6.84. The molecule has 0 heterocycles. The summed E-state index contributed by atoms with van der Waals surface area (Å²) in [6, 6.07) is 4.88. The largest absolute Gasteiger partial charge is 0.294 e. The number of Topliss-reactive ketones (excluding diaryl/α,β-unsaturated/α-hetero) is 1. The molecule has 0 aliphatic carbocycles. The molecule has 1 aromatic rings. The standard InChI is InChI=1S/C17H25FO/c1-16(2,3)10-9-15(19)13-11-12(17(4,5)6)7-8-14(13)18/h7-8,11H,9-10H2,1-6H3. The third kappa shape index (κ3) is 4.77. The summed E-state index contributed by atoms with van der Waals surface area (Å²) in [6.07, 6.45) is 1.17. The number of carbonyl (C=O) groups is 1. The minimum absolute atomic E-state index is 0.0766. The number of ketones is 1. The lowest BCUT2D eigenvalue weighted by Crippen LogP contribution is -2.14. The molecule has 0 aliphatic heterocycles. The predicted molar refractivity (Wildman–Crippen MR) is 78.1 cm³/mol. The number of carbonyl (C=O) groups excluding carboxylic acids is 1. The molecular weight excluding hydrogens is 239 g/mol. The average molecular weight is 264 g/mol. The Balaban J connectivity index is 2.97. The van der Waals surface area contributed by atoms with Crippen molar-refractivity contribution in [3.63, 3.8) is 0 Å². The van der Waals surface area contributed by atoms with Crippen LogP contribution in [0.25, 0.3) is 0 Å². The average Bonchev–Trinajstić information content (AvgIpc) is 2.24. The van der Waals surface area contributed by atoms with Crippen molar-refractivity contribution in [3.05, 3.63) is 35.1 Å². The van der Waals surface area contributed by atoms with Gasteiger partial charge >= 0.3 is 0 Å². The molecule has 0 saturated carbocycles. The van der Waals surface area contributed by atoms with Crippen LogP contribution in [0.3, 0.4) is 0 Å². The zero-order valence-corrected chi connectivity index (χ0v) is 12.9. The van der Waals surface area contributed by atoms with Gasteiger partial charge in [0.05, 0.1) is 5.56 Å². The van der Waals surface area contributed by atoms with Crippen molar-refractivity contribution in [2.24, 2.45) is 5.41 Å². The van der Waals surface area contributed by atoms with Gasteiger partial charge in [0.1, 0.15) is 5.82 Å². The van der Waals surface area contributed by atoms with E-state index in [0.29, 0.717) is 6.42 Å². The molecule has 0 unspecified atom stereocenters. The van der Waals surface area contributed by atoms with Gasteiger partial charge in [-0.15, -0.1) is 0 Å². The molecule has 1 nitrogen and oxygen atoms in total. The number of hydrogen-bond acceptors (Lipinski definition) is 1. The quantitative estimate of drug-likeness (QED) is 0.691. The SMILES string of the molecule is CC(C)(C)CCC(=O)c1cc(C(C)(C)C)ccc1F. The van der Waals surface area contributed by atoms with Crippen LogP contribution in [0, 0.1) is 11.2 Å². The Morgan fingerprint density at radius 3 is 2.16 bits per heavy atom. The van der Waals surface area contributed by atoms with E-state index in [2.05, 4.69) is 41.5 Å². The molecule has 0 bridgehead atoms. The van der Waals surface area contributed by atoms with Gasteiger partial charge < -0.3 is 0 Å². The van der Waals surface area contributed by atoms with Gasteiger partial charge in [0.25, 0.3) is 0 Å². The lowest BCUT2D eigenvalue weighted by Gasteiger charge is -2.20. The van der Waals surface area contributed by atoms with E-state index >= 15 is 0 Å². The summed E-state index contributed by atoms with van der Waals surface area (Å²) in [4.78, 5) is 12.2. The topological polar surface area (TPSA) is 17.1 Å². The van der Waals surface area contributed by atoms with E-state index in [1.807, 2.05) is 0 Å². The molecule has 0 atom stereocenters. The molecule has 1 aromatic carbocycles. The van der Waals surface area contributed by atoms with Crippen LogP contribution in [0.15, 0.2) is 18.2 Å². The zero-order valence-electron chi connectivity index (χ0n) is 12.9. The van der Waals surface area contributed by atoms with Crippen molar-refractivity contribution in [3.8, 4) is 0 Å². The Hall–Kier alpha value is -1.18. The molecule has 0 N–H and O–H groups in total. The van der Waals surface area contributed by atoms with Crippen LogP contribution in [0.2, 0.25) is 0 Å². The molecule has 2 heteroatoms. The highest BCUT2D eigenvalue weighted by atomic mass is 19.1. The van der Waals surface area contributed by atoms with Gasteiger partial charge in [-0.1, -0.05) is 47.6 Å². The summed E-state index contributed by atoms with van der Waals surface area (Å²) in [5.41, 5.74) is 1.24. The summed E-state index contributed by atoms with van der Waals surface area (Å²) in [5, 5.41) is 0. The van der Waals surface area contributed by atoms with Crippen molar-refractivity contribution in [1.82, 2.24) is 0 Å². The molecule has 0 saturated heterocycles. The van der Waals surface area contributed by atoms with Gasteiger partial charge in [-0.05, 0) is 34.9 Å². The minimum Gasteiger partial charge on any atom is -0.294 e. The van der Waals surface area contributed by atoms with Crippen molar-refractivity contribution < 1.29 is 9.18 Å². The van der Waals surface area contributed by atoms with Crippen LogP contribution in [0.1, 0.15) is 70.3 Å². The fourth-order valence-corrected chi connectivity index (χ4v) is 1.83. The fraction of sp³-hybridized carbons (Fsp3) is 0.588. The smallest absolute Gasteiger partial charge is 0.165 e. The van der Waals surface area contributed by atoms with Crippen molar-refractivity contribution in [2.75, 3.05) is 0 Å². The maximum absolute atomic E-state index is 13.8. The molecule has 19 heavy (non-hydrogen) atoms. The maximum Gasteiger partial charge on any atom is 0.165 e. The summed E-state index contributed by atoms with van der Waals surface area (Å²) in [7, 11) is 0. The molecule has 0 fully saturated rings. The van der Waals surface area contributed by atoms with Gasteiger partial charge in [-0.3, -0.25) is 4.79 Å². The van der Waals surface area contributed by atoms with E-state index in [4.69, 9.17) is 0 Å². The number of halogens is 1. The summed E-state index contributed by atoms with van der Waals surface area (Å²) in [6.45, 7) is 12.4. The molecule has 0 aromatic heterocycles. The van der Waals surface area contributed by atoms with Gasteiger partial charge in [0.2, 0.25) is 0 Å². The summed E-state index contributed by atoms with van der Waals surface area (Å²) in [5.74, 6) is -0.509. The first-order chi connectivity index (χ1) is 8.50. The number of hydrogen-bond donors (Lipinski definition) is 0. The van der Waals surface area contributed by atoms with Crippen molar-refractivity contribution >= 4 is 5.78 Å². The van der Waals surface area contributed by atoms with Gasteiger partial charge in [0, 0.05) is 6.42 Å². The minimum atomic E-state index is -0.410. The maximum atomic E-state index is 13.8. The fourth-order valence-electron chi connectivity index (χ4n) is 1.83. The molecule has 0 radical (unpaired) electrons. The third-order valence-corrected chi connectivity index (χ3v) is 3.23. The van der Waals surface area contributed by atoms with Crippen molar-refractivity contribution in [2.45, 2.75) is 59.8 Å². The highest BCUT2D eigenvalue weighted by Gasteiger charge is 2.20.